The highest BCUT2D eigenvalue weighted by molar-refractivity contribution is 7.71. The second-order valence-electron chi connectivity index (χ2n) is 5.11. The van der Waals surface area contributed by atoms with Gasteiger partial charge in [0.25, 0.3) is 4.84 Å². The highest BCUT2D eigenvalue weighted by Gasteiger charge is 2.09. The third kappa shape index (κ3) is 4.49. The number of hydrogen-bond acceptors (Lipinski definition) is 5. The number of rotatable bonds is 7. The Kier molecular flexibility index (Phi) is 5.67. The van der Waals surface area contributed by atoms with Crippen LogP contribution in [0.15, 0.2) is 28.7 Å². The Balaban J connectivity index is 2.05. The zero-order valence-electron chi connectivity index (χ0n) is 12.7. The average Bonchev–Trinajstić information content (AvgIpc) is 2.81. The van der Waals surface area contributed by atoms with Gasteiger partial charge in [0.05, 0.1) is 6.67 Å². The molecule has 2 rings (SSSR count). The third-order valence-corrected chi connectivity index (χ3v) is 3.46. The first-order valence-corrected chi connectivity index (χ1v) is 7.33. The van der Waals surface area contributed by atoms with E-state index in [1.807, 2.05) is 38.2 Å². The molecule has 0 unspecified atom stereocenters. The molecule has 5 nitrogen and oxygen atoms in total. The van der Waals surface area contributed by atoms with Crippen molar-refractivity contribution >= 4 is 12.2 Å². The number of nitrogens with zero attached hydrogens (tertiary/aromatic N) is 3. The van der Waals surface area contributed by atoms with E-state index >= 15 is 0 Å². The van der Waals surface area contributed by atoms with Crippen molar-refractivity contribution in [2.45, 2.75) is 20.0 Å². The second-order valence-corrected chi connectivity index (χ2v) is 5.46. The number of benzene rings is 1. The van der Waals surface area contributed by atoms with E-state index < -0.39 is 0 Å². The molecule has 1 aromatic carbocycles. The Bertz CT molecular complexity index is 619. The molecule has 21 heavy (non-hydrogen) atoms. The molecule has 1 aromatic heterocycles. The van der Waals surface area contributed by atoms with Crippen molar-refractivity contribution in [2.75, 3.05) is 27.3 Å². The van der Waals surface area contributed by atoms with E-state index in [2.05, 4.69) is 10.00 Å². The van der Waals surface area contributed by atoms with Gasteiger partial charge in [-0.2, -0.15) is 0 Å². The standard InChI is InChI=1S/C15H21N3O2S/c1-12-5-7-13(8-6-12)14-16-18(15(21)20-14)11-17(2)9-4-10-19-3/h5-8H,4,9-11H2,1-3H3. The van der Waals surface area contributed by atoms with Gasteiger partial charge in [0.2, 0.25) is 5.89 Å². The van der Waals surface area contributed by atoms with Crippen LogP contribution in [0.3, 0.4) is 0 Å². The zero-order chi connectivity index (χ0) is 15.2. The maximum absolute atomic E-state index is 5.58. The Labute approximate surface area is 130 Å². The molecule has 0 bridgehead atoms. The first kappa shape index (κ1) is 15.9. The summed E-state index contributed by atoms with van der Waals surface area (Å²) in [7, 11) is 3.74. The Morgan fingerprint density at radius 1 is 1.33 bits per heavy atom. The molecular formula is C15H21N3O2S. The quantitative estimate of drug-likeness (QED) is 0.581. The maximum Gasteiger partial charge on any atom is 0.288 e. The minimum absolute atomic E-state index is 0.393. The van der Waals surface area contributed by atoms with E-state index in [4.69, 9.17) is 21.4 Å². The molecule has 2 aromatic rings. The topological polar surface area (TPSA) is 43.4 Å². The normalized spacial score (nSPS) is 11.2. The molecule has 0 radical (unpaired) electrons. The summed E-state index contributed by atoms with van der Waals surface area (Å²) in [4.78, 5) is 2.53. The molecule has 6 heteroatoms. The van der Waals surface area contributed by atoms with Gasteiger partial charge in [-0.1, -0.05) is 17.7 Å². The molecule has 0 N–H and O–H groups in total. The summed E-state index contributed by atoms with van der Waals surface area (Å²) in [6, 6.07) is 8.04. The van der Waals surface area contributed by atoms with Crippen LogP contribution >= 0.6 is 12.2 Å². The molecule has 0 saturated heterocycles. The van der Waals surface area contributed by atoms with Crippen LogP contribution in [0.5, 0.6) is 0 Å². The number of hydrogen-bond donors (Lipinski definition) is 0. The van der Waals surface area contributed by atoms with Crippen molar-refractivity contribution in [3.8, 4) is 11.5 Å². The molecule has 0 amide bonds. The molecule has 0 fully saturated rings. The predicted molar refractivity (Wildman–Crippen MR) is 84.6 cm³/mol. The first-order valence-electron chi connectivity index (χ1n) is 6.92. The molecule has 1 heterocycles. The van der Waals surface area contributed by atoms with Crippen LogP contribution in [0.2, 0.25) is 0 Å². The lowest BCUT2D eigenvalue weighted by atomic mass is 10.1. The lowest BCUT2D eigenvalue weighted by Gasteiger charge is -2.15. The van der Waals surface area contributed by atoms with Crippen LogP contribution in [0.25, 0.3) is 11.5 Å². The maximum atomic E-state index is 5.58. The van der Waals surface area contributed by atoms with Gasteiger partial charge in [0.1, 0.15) is 0 Å². The van der Waals surface area contributed by atoms with Gasteiger partial charge in [-0.05, 0) is 44.7 Å². The minimum Gasteiger partial charge on any atom is -0.409 e. The first-order chi connectivity index (χ1) is 10.1. The molecule has 0 saturated carbocycles. The van der Waals surface area contributed by atoms with Crippen LogP contribution in [0, 0.1) is 11.8 Å². The second kappa shape index (κ2) is 7.49. The lowest BCUT2D eigenvalue weighted by Crippen LogP contribution is -2.24. The van der Waals surface area contributed by atoms with Crippen LogP contribution in [0.4, 0.5) is 0 Å². The summed E-state index contributed by atoms with van der Waals surface area (Å²) in [6.07, 6.45) is 0.975. The third-order valence-electron chi connectivity index (χ3n) is 3.17. The van der Waals surface area contributed by atoms with Crippen molar-refractivity contribution in [1.82, 2.24) is 14.7 Å². The van der Waals surface area contributed by atoms with Gasteiger partial charge in [-0.3, -0.25) is 4.90 Å². The van der Waals surface area contributed by atoms with Gasteiger partial charge < -0.3 is 9.15 Å². The average molecular weight is 307 g/mol. The van der Waals surface area contributed by atoms with E-state index in [1.165, 1.54) is 5.56 Å². The molecule has 0 spiro atoms. The smallest absolute Gasteiger partial charge is 0.288 e. The van der Waals surface area contributed by atoms with Gasteiger partial charge in [-0.15, -0.1) is 5.10 Å². The van der Waals surface area contributed by atoms with Crippen molar-refractivity contribution in [3.05, 3.63) is 34.7 Å². The number of aryl methyl sites for hydroxylation is 1. The van der Waals surface area contributed by atoms with E-state index in [9.17, 15) is 0 Å². The summed E-state index contributed by atoms with van der Waals surface area (Å²) in [6.45, 7) is 4.33. The summed E-state index contributed by atoms with van der Waals surface area (Å²) in [5, 5.41) is 4.45. The number of ether oxygens (including phenoxy) is 1. The van der Waals surface area contributed by atoms with E-state index in [0.29, 0.717) is 17.4 Å². The van der Waals surface area contributed by atoms with Gasteiger partial charge in [0, 0.05) is 25.8 Å². The molecule has 0 aliphatic carbocycles. The molecule has 0 aliphatic rings. The molecule has 0 atom stereocenters. The Hall–Kier alpha value is -1.50. The van der Waals surface area contributed by atoms with Crippen LogP contribution in [0.1, 0.15) is 12.0 Å². The SMILES string of the molecule is COCCCN(C)Cn1nc(-c2ccc(C)cc2)oc1=S. The monoisotopic (exact) mass is 307 g/mol. The largest absolute Gasteiger partial charge is 0.409 e. The Morgan fingerprint density at radius 3 is 2.71 bits per heavy atom. The fraction of sp³-hybridized carbons (Fsp3) is 0.467. The molecule has 0 aliphatic heterocycles. The minimum atomic E-state index is 0.393. The lowest BCUT2D eigenvalue weighted by molar-refractivity contribution is 0.167. The van der Waals surface area contributed by atoms with E-state index in [1.54, 1.807) is 11.8 Å². The van der Waals surface area contributed by atoms with E-state index in [0.717, 1.165) is 25.1 Å². The van der Waals surface area contributed by atoms with Gasteiger partial charge >= 0.3 is 0 Å². The summed E-state index contributed by atoms with van der Waals surface area (Å²) in [5.74, 6) is 0.560. The number of methoxy groups -OCH3 is 1. The highest BCUT2D eigenvalue weighted by Crippen LogP contribution is 2.18. The van der Waals surface area contributed by atoms with Crippen molar-refractivity contribution in [1.29, 1.82) is 0 Å². The van der Waals surface area contributed by atoms with Crippen molar-refractivity contribution in [3.63, 3.8) is 0 Å². The number of aromatic nitrogens is 2. The summed E-state index contributed by atoms with van der Waals surface area (Å²) in [5.41, 5.74) is 2.14. The van der Waals surface area contributed by atoms with Crippen molar-refractivity contribution < 1.29 is 9.15 Å². The summed E-state index contributed by atoms with van der Waals surface area (Å²) < 4.78 is 12.3. The fourth-order valence-corrected chi connectivity index (χ4v) is 2.16. The van der Waals surface area contributed by atoms with Gasteiger partial charge in [0.15, 0.2) is 0 Å². The Morgan fingerprint density at radius 2 is 2.05 bits per heavy atom. The zero-order valence-corrected chi connectivity index (χ0v) is 13.5. The molecule has 114 valence electrons. The fourth-order valence-electron chi connectivity index (χ4n) is 1.99. The summed E-state index contributed by atoms with van der Waals surface area (Å²) >= 11 is 5.23. The van der Waals surface area contributed by atoms with Gasteiger partial charge in [-0.25, -0.2) is 4.68 Å². The predicted octanol–water partition coefficient (Wildman–Crippen LogP) is 3.11. The van der Waals surface area contributed by atoms with Crippen LogP contribution in [-0.2, 0) is 11.4 Å². The molecular weight excluding hydrogens is 286 g/mol. The highest BCUT2D eigenvalue weighted by atomic mass is 32.1. The van der Waals surface area contributed by atoms with Crippen molar-refractivity contribution in [2.24, 2.45) is 0 Å². The van der Waals surface area contributed by atoms with Crippen LogP contribution < -0.4 is 0 Å². The van der Waals surface area contributed by atoms with Crippen LogP contribution in [-0.4, -0.2) is 42.0 Å². The van der Waals surface area contributed by atoms with E-state index in [-0.39, 0.29) is 0 Å².